The molecule has 45 heavy (non-hydrogen) atoms. The molecule has 2 N–H and O–H groups in total. The monoisotopic (exact) mass is 621 g/mol. The molecule has 1 unspecified atom stereocenters. The molecule has 0 spiro atoms. The van der Waals surface area contributed by atoms with Crippen molar-refractivity contribution in [2.24, 2.45) is 5.92 Å². The zero-order valence-electron chi connectivity index (χ0n) is 25.4. The molecule has 0 radical (unpaired) electrons. The third-order valence-electron chi connectivity index (χ3n) is 8.08. The van der Waals surface area contributed by atoms with Crippen LogP contribution in [-0.4, -0.2) is 68.1 Å². The molecule has 0 aliphatic carbocycles. The van der Waals surface area contributed by atoms with E-state index in [0.29, 0.717) is 61.6 Å². The first-order valence-electron chi connectivity index (χ1n) is 15.2. The summed E-state index contributed by atoms with van der Waals surface area (Å²) < 4.78 is 29.2. The summed E-state index contributed by atoms with van der Waals surface area (Å²) in [6.45, 7) is 7.08. The van der Waals surface area contributed by atoms with Crippen LogP contribution in [0, 0.1) is 27.7 Å². The van der Waals surface area contributed by atoms with Gasteiger partial charge in [0.2, 0.25) is 5.95 Å². The van der Waals surface area contributed by atoms with Gasteiger partial charge in [0.15, 0.2) is 17.0 Å². The van der Waals surface area contributed by atoms with Crippen molar-refractivity contribution in [1.29, 1.82) is 0 Å². The Morgan fingerprint density at radius 1 is 1.07 bits per heavy atom. The van der Waals surface area contributed by atoms with Crippen LogP contribution in [0.2, 0.25) is 0 Å². The fourth-order valence-corrected chi connectivity index (χ4v) is 5.31. The highest BCUT2D eigenvalue weighted by Crippen LogP contribution is 2.26. The number of fused-ring (bicyclic) bond motifs is 1. The van der Waals surface area contributed by atoms with Crippen molar-refractivity contribution in [3.05, 3.63) is 76.1 Å². The fraction of sp³-hybridized carbons (Fsp3) is 0.419. The van der Waals surface area contributed by atoms with Gasteiger partial charge < -0.3 is 25.0 Å². The maximum absolute atomic E-state index is 14.1. The average Bonchev–Trinajstić information content (AvgIpc) is 3.45. The predicted molar refractivity (Wildman–Crippen MR) is 168 cm³/mol. The van der Waals surface area contributed by atoms with Crippen molar-refractivity contribution >= 4 is 40.3 Å². The highest BCUT2D eigenvalue weighted by atomic mass is 19.1. The van der Waals surface area contributed by atoms with Gasteiger partial charge in [0.05, 0.1) is 23.5 Å². The maximum atomic E-state index is 14.1. The largest absolute Gasteiger partial charge is 0.368 e. The molecule has 4 aromatic rings. The number of hydrogen-bond donors (Lipinski definition) is 2. The summed E-state index contributed by atoms with van der Waals surface area (Å²) in [5.74, 6) is 0.0360. The van der Waals surface area contributed by atoms with Crippen LogP contribution in [-0.2, 0) is 6.54 Å². The van der Waals surface area contributed by atoms with E-state index in [0.717, 1.165) is 49.9 Å². The van der Waals surface area contributed by atoms with E-state index in [9.17, 15) is 23.7 Å². The minimum absolute atomic E-state index is 0.0227. The number of aromatic nitrogens is 4. The quantitative estimate of drug-likeness (QED) is 0.144. The first kappa shape index (κ1) is 31.5. The number of piperazine rings is 1. The van der Waals surface area contributed by atoms with E-state index >= 15 is 0 Å². The van der Waals surface area contributed by atoms with Gasteiger partial charge in [0.25, 0.3) is 5.69 Å². The molecule has 1 aliphatic rings. The standard InChI is InChI=1S/C31H37F2N9O3/c1-3-5-6-21(4-2)18-34-28-27-29(41(20-35-27)19-22-7-10-24(11-8-22)42(44)45)38-30(37-28)39-13-15-40(16-14-39)31(43)36-26-12-9-23(32)17-25(26)33/h7-12,17,20-21H,3-6,13-16,18-19H2,1-2H3,(H,36,43)(H,34,37,38). The lowest BCUT2D eigenvalue weighted by Gasteiger charge is -2.34. The van der Waals surface area contributed by atoms with Crippen LogP contribution < -0.4 is 15.5 Å². The third kappa shape index (κ3) is 7.62. The minimum atomic E-state index is -0.839. The number of urea groups is 1. The lowest BCUT2D eigenvalue weighted by molar-refractivity contribution is -0.384. The molecule has 3 heterocycles. The highest BCUT2D eigenvalue weighted by Gasteiger charge is 2.25. The Balaban J connectivity index is 1.36. The predicted octanol–water partition coefficient (Wildman–Crippen LogP) is 6.04. The van der Waals surface area contributed by atoms with Gasteiger partial charge >= 0.3 is 6.03 Å². The van der Waals surface area contributed by atoms with Crippen molar-refractivity contribution in [3.8, 4) is 0 Å². The number of nitrogens with zero attached hydrogens (tertiary/aromatic N) is 7. The molecule has 0 saturated carbocycles. The number of amides is 2. The second-order valence-electron chi connectivity index (χ2n) is 11.2. The van der Waals surface area contributed by atoms with Crippen LogP contribution in [0.5, 0.6) is 0 Å². The average molecular weight is 622 g/mol. The Morgan fingerprint density at radius 2 is 1.82 bits per heavy atom. The molecule has 238 valence electrons. The van der Waals surface area contributed by atoms with Crippen LogP contribution in [0.3, 0.4) is 0 Å². The summed E-state index contributed by atoms with van der Waals surface area (Å²) in [5, 5.41) is 17.1. The van der Waals surface area contributed by atoms with Crippen molar-refractivity contribution < 1.29 is 18.5 Å². The number of carbonyl (C=O) groups is 1. The second-order valence-corrected chi connectivity index (χ2v) is 11.2. The molecule has 1 atom stereocenters. The van der Waals surface area contributed by atoms with Crippen molar-refractivity contribution in [1.82, 2.24) is 24.4 Å². The van der Waals surface area contributed by atoms with E-state index < -0.39 is 22.6 Å². The third-order valence-corrected chi connectivity index (χ3v) is 8.08. The number of benzene rings is 2. The summed E-state index contributed by atoms with van der Waals surface area (Å²) in [5.41, 5.74) is 2.05. The Labute approximate surface area is 259 Å². The number of carbonyl (C=O) groups excluding carboxylic acids is 1. The number of nitro groups is 1. The number of anilines is 3. The van der Waals surface area contributed by atoms with E-state index in [1.54, 1.807) is 23.4 Å². The Hall–Kier alpha value is -4.88. The molecule has 0 bridgehead atoms. The van der Waals surface area contributed by atoms with E-state index in [1.165, 1.54) is 18.2 Å². The highest BCUT2D eigenvalue weighted by molar-refractivity contribution is 5.89. The minimum Gasteiger partial charge on any atom is -0.368 e. The summed E-state index contributed by atoms with van der Waals surface area (Å²) in [7, 11) is 0. The lowest BCUT2D eigenvalue weighted by Crippen LogP contribution is -2.50. The van der Waals surface area contributed by atoms with E-state index in [-0.39, 0.29) is 11.4 Å². The van der Waals surface area contributed by atoms with Crippen LogP contribution in [0.25, 0.3) is 11.2 Å². The molecule has 1 aliphatic heterocycles. The molecule has 1 saturated heterocycles. The topological polar surface area (TPSA) is 134 Å². The van der Waals surface area contributed by atoms with Crippen molar-refractivity contribution in [2.75, 3.05) is 48.3 Å². The summed E-state index contributed by atoms with van der Waals surface area (Å²) in [6, 6.07) is 8.92. The zero-order valence-corrected chi connectivity index (χ0v) is 25.4. The number of imidazole rings is 1. The first-order chi connectivity index (χ1) is 21.7. The fourth-order valence-electron chi connectivity index (χ4n) is 5.31. The van der Waals surface area contributed by atoms with Crippen LogP contribution in [0.4, 0.5) is 36.7 Å². The van der Waals surface area contributed by atoms with Gasteiger partial charge in [-0.1, -0.05) is 45.2 Å². The number of unbranched alkanes of at least 4 members (excludes halogenated alkanes) is 1. The molecule has 2 aromatic heterocycles. The first-order valence-corrected chi connectivity index (χ1v) is 15.2. The van der Waals surface area contributed by atoms with Gasteiger partial charge in [-0.05, 0) is 30.0 Å². The Morgan fingerprint density at radius 3 is 2.49 bits per heavy atom. The molecular weight excluding hydrogens is 584 g/mol. The SMILES string of the molecule is CCCCC(CC)CNc1nc(N2CCN(C(=O)Nc3ccc(F)cc3F)CC2)nc2c1ncn2Cc1ccc([N+](=O)[O-])cc1. The number of halogens is 2. The van der Waals surface area contributed by atoms with Gasteiger partial charge in [-0.3, -0.25) is 10.1 Å². The van der Waals surface area contributed by atoms with E-state index in [2.05, 4.69) is 29.5 Å². The molecular formula is C31H37F2N9O3. The molecule has 12 nitrogen and oxygen atoms in total. The number of nitrogens with one attached hydrogen (secondary N) is 2. The van der Waals surface area contributed by atoms with Gasteiger partial charge in [-0.25, -0.2) is 18.6 Å². The van der Waals surface area contributed by atoms with Crippen LogP contribution in [0.15, 0.2) is 48.8 Å². The Kier molecular flexibility index (Phi) is 10.0. The normalized spacial score (nSPS) is 14.0. The molecule has 2 aromatic carbocycles. The van der Waals surface area contributed by atoms with Crippen molar-refractivity contribution in [3.63, 3.8) is 0 Å². The van der Waals surface area contributed by atoms with Gasteiger partial charge in [-0.2, -0.15) is 9.97 Å². The summed E-state index contributed by atoms with van der Waals surface area (Å²) >= 11 is 0. The zero-order chi connectivity index (χ0) is 31.9. The number of hydrogen-bond acceptors (Lipinski definition) is 8. The lowest BCUT2D eigenvalue weighted by atomic mass is 9.99. The smallest absolute Gasteiger partial charge is 0.322 e. The van der Waals surface area contributed by atoms with Gasteiger partial charge in [0.1, 0.15) is 11.6 Å². The van der Waals surface area contributed by atoms with E-state index in [1.807, 2.05) is 9.47 Å². The maximum Gasteiger partial charge on any atom is 0.322 e. The molecule has 2 amide bonds. The number of nitro benzene ring substituents is 1. The molecule has 1 fully saturated rings. The van der Waals surface area contributed by atoms with Gasteiger partial charge in [0, 0.05) is 50.9 Å². The second kappa shape index (κ2) is 14.3. The van der Waals surface area contributed by atoms with Crippen molar-refractivity contribution in [2.45, 2.75) is 46.1 Å². The van der Waals surface area contributed by atoms with Crippen LogP contribution >= 0.6 is 0 Å². The van der Waals surface area contributed by atoms with Crippen LogP contribution in [0.1, 0.15) is 45.1 Å². The number of rotatable bonds is 12. The number of non-ortho nitro benzene ring substituents is 1. The molecule has 5 rings (SSSR count). The summed E-state index contributed by atoms with van der Waals surface area (Å²) in [6.07, 6.45) is 6.13. The van der Waals surface area contributed by atoms with E-state index in [4.69, 9.17) is 9.97 Å². The summed E-state index contributed by atoms with van der Waals surface area (Å²) in [4.78, 5) is 41.4. The van der Waals surface area contributed by atoms with Gasteiger partial charge in [-0.15, -0.1) is 0 Å². The molecule has 14 heteroatoms. The Bertz CT molecular complexity index is 1640.